The SMILES string of the molecule is Nc1cnn(CCOCC(F)F)c1. The minimum Gasteiger partial charge on any atom is -0.396 e. The molecule has 0 aliphatic rings. The molecule has 0 aliphatic carbocycles. The van der Waals surface area contributed by atoms with Crippen LogP contribution in [0.3, 0.4) is 0 Å². The van der Waals surface area contributed by atoms with Crippen LogP contribution in [0.15, 0.2) is 12.4 Å². The molecule has 1 heterocycles. The van der Waals surface area contributed by atoms with Gasteiger partial charge in [-0.2, -0.15) is 5.10 Å². The molecule has 0 fully saturated rings. The van der Waals surface area contributed by atoms with Gasteiger partial charge in [0.25, 0.3) is 6.43 Å². The highest BCUT2D eigenvalue weighted by Gasteiger charge is 2.01. The Labute approximate surface area is 74.3 Å². The van der Waals surface area contributed by atoms with E-state index in [0.29, 0.717) is 12.2 Å². The second kappa shape index (κ2) is 4.76. The van der Waals surface area contributed by atoms with Gasteiger partial charge in [-0.15, -0.1) is 0 Å². The van der Waals surface area contributed by atoms with Crippen molar-refractivity contribution in [3.05, 3.63) is 12.4 Å². The lowest BCUT2D eigenvalue weighted by atomic mass is 10.6. The van der Waals surface area contributed by atoms with E-state index in [1.54, 1.807) is 10.9 Å². The van der Waals surface area contributed by atoms with Gasteiger partial charge in [0.1, 0.15) is 6.61 Å². The van der Waals surface area contributed by atoms with Crippen molar-refractivity contribution in [2.75, 3.05) is 18.9 Å². The maximum absolute atomic E-state index is 11.6. The van der Waals surface area contributed by atoms with Gasteiger partial charge in [-0.3, -0.25) is 4.68 Å². The van der Waals surface area contributed by atoms with E-state index in [4.69, 9.17) is 5.73 Å². The van der Waals surface area contributed by atoms with Crippen LogP contribution in [0.25, 0.3) is 0 Å². The maximum atomic E-state index is 11.6. The lowest BCUT2D eigenvalue weighted by Crippen LogP contribution is -2.10. The van der Waals surface area contributed by atoms with Crippen LogP contribution >= 0.6 is 0 Å². The predicted molar refractivity (Wildman–Crippen MR) is 43.5 cm³/mol. The molecule has 0 saturated carbocycles. The molecule has 0 aromatic carbocycles. The topological polar surface area (TPSA) is 53.1 Å². The molecule has 1 aromatic heterocycles. The van der Waals surface area contributed by atoms with E-state index >= 15 is 0 Å². The number of nitrogen functional groups attached to an aromatic ring is 1. The summed E-state index contributed by atoms with van der Waals surface area (Å²) in [5.41, 5.74) is 5.94. The Bertz CT molecular complexity index is 252. The van der Waals surface area contributed by atoms with Crippen LogP contribution in [0.4, 0.5) is 14.5 Å². The first-order valence-electron chi connectivity index (χ1n) is 3.82. The summed E-state index contributed by atoms with van der Waals surface area (Å²) >= 11 is 0. The lowest BCUT2D eigenvalue weighted by molar-refractivity contribution is 0.0140. The first kappa shape index (κ1) is 9.91. The van der Waals surface area contributed by atoms with Crippen LogP contribution in [-0.4, -0.2) is 29.4 Å². The first-order chi connectivity index (χ1) is 6.18. The van der Waals surface area contributed by atoms with Gasteiger partial charge in [-0.1, -0.05) is 0 Å². The van der Waals surface area contributed by atoms with E-state index < -0.39 is 13.0 Å². The number of anilines is 1. The van der Waals surface area contributed by atoms with Crippen molar-refractivity contribution in [1.82, 2.24) is 9.78 Å². The minimum absolute atomic E-state index is 0.214. The van der Waals surface area contributed by atoms with Gasteiger partial charge in [0.2, 0.25) is 0 Å². The van der Waals surface area contributed by atoms with Crippen molar-refractivity contribution >= 4 is 5.69 Å². The van der Waals surface area contributed by atoms with Gasteiger partial charge in [0, 0.05) is 6.20 Å². The number of nitrogens with zero attached hydrogens (tertiary/aromatic N) is 2. The van der Waals surface area contributed by atoms with Crippen molar-refractivity contribution in [1.29, 1.82) is 0 Å². The number of hydrogen-bond acceptors (Lipinski definition) is 3. The average Bonchev–Trinajstić information content (AvgIpc) is 2.45. The molecular formula is C7H11F2N3O. The van der Waals surface area contributed by atoms with Crippen molar-refractivity contribution in [3.8, 4) is 0 Å². The van der Waals surface area contributed by atoms with Crippen molar-refractivity contribution in [3.63, 3.8) is 0 Å². The Morgan fingerprint density at radius 2 is 2.38 bits per heavy atom. The predicted octanol–water partition coefficient (Wildman–Crippen LogP) is 0.747. The van der Waals surface area contributed by atoms with Crippen LogP contribution in [0.2, 0.25) is 0 Å². The molecular weight excluding hydrogens is 180 g/mol. The Hall–Kier alpha value is -1.17. The van der Waals surface area contributed by atoms with Gasteiger partial charge < -0.3 is 10.5 Å². The Morgan fingerprint density at radius 3 is 2.92 bits per heavy atom. The molecule has 0 aliphatic heterocycles. The van der Waals surface area contributed by atoms with Gasteiger partial charge in [0.15, 0.2) is 0 Å². The van der Waals surface area contributed by atoms with E-state index in [2.05, 4.69) is 9.84 Å². The summed E-state index contributed by atoms with van der Waals surface area (Å²) in [4.78, 5) is 0. The zero-order valence-electron chi connectivity index (χ0n) is 6.99. The molecule has 2 N–H and O–H groups in total. The largest absolute Gasteiger partial charge is 0.396 e. The Morgan fingerprint density at radius 1 is 1.62 bits per heavy atom. The van der Waals surface area contributed by atoms with Crippen LogP contribution < -0.4 is 5.73 Å². The van der Waals surface area contributed by atoms with Crippen LogP contribution in [0.1, 0.15) is 0 Å². The van der Waals surface area contributed by atoms with E-state index in [-0.39, 0.29) is 6.61 Å². The zero-order chi connectivity index (χ0) is 9.68. The highest BCUT2D eigenvalue weighted by atomic mass is 19.3. The van der Waals surface area contributed by atoms with Crippen LogP contribution in [0.5, 0.6) is 0 Å². The fourth-order valence-corrected chi connectivity index (χ4v) is 0.832. The monoisotopic (exact) mass is 191 g/mol. The van der Waals surface area contributed by atoms with Gasteiger partial charge in [0.05, 0.1) is 25.0 Å². The fraction of sp³-hybridized carbons (Fsp3) is 0.571. The zero-order valence-corrected chi connectivity index (χ0v) is 6.99. The summed E-state index contributed by atoms with van der Waals surface area (Å²) < 4.78 is 29.4. The third-order valence-electron chi connectivity index (χ3n) is 1.36. The van der Waals surface area contributed by atoms with Crippen molar-refractivity contribution in [2.24, 2.45) is 0 Å². The number of halogens is 2. The summed E-state index contributed by atoms with van der Waals surface area (Å²) in [6, 6.07) is 0. The third-order valence-corrected chi connectivity index (χ3v) is 1.36. The summed E-state index contributed by atoms with van der Waals surface area (Å²) in [5.74, 6) is 0. The smallest absolute Gasteiger partial charge is 0.261 e. The van der Waals surface area contributed by atoms with E-state index in [9.17, 15) is 8.78 Å². The number of alkyl halides is 2. The fourth-order valence-electron chi connectivity index (χ4n) is 0.832. The molecule has 0 bridgehead atoms. The quantitative estimate of drug-likeness (QED) is 0.698. The molecule has 1 rings (SSSR count). The summed E-state index contributed by atoms with van der Waals surface area (Å²) in [5, 5.41) is 3.86. The molecule has 13 heavy (non-hydrogen) atoms. The normalized spacial score (nSPS) is 11.0. The molecule has 1 aromatic rings. The summed E-state index contributed by atoms with van der Waals surface area (Å²) in [6.07, 6.45) is 0.696. The molecule has 6 heteroatoms. The van der Waals surface area contributed by atoms with Crippen LogP contribution in [0, 0.1) is 0 Å². The second-order valence-corrected chi connectivity index (χ2v) is 2.50. The molecule has 4 nitrogen and oxygen atoms in total. The Kier molecular flexibility index (Phi) is 3.63. The van der Waals surface area contributed by atoms with E-state index in [1.165, 1.54) is 6.20 Å². The minimum atomic E-state index is -2.41. The van der Waals surface area contributed by atoms with Crippen LogP contribution in [-0.2, 0) is 11.3 Å². The highest BCUT2D eigenvalue weighted by Crippen LogP contribution is 1.98. The first-order valence-corrected chi connectivity index (χ1v) is 3.82. The lowest BCUT2D eigenvalue weighted by Gasteiger charge is -2.02. The number of hydrogen-bond donors (Lipinski definition) is 1. The second-order valence-electron chi connectivity index (χ2n) is 2.50. The molecule has 0 radical (unpaired) electrons. The Balaban J connectivity index is 2.13. The van der Waals surface area contributed by atoms with Gasteiger partial charge >= 0.3 is 0 Å². The third kappa shape index (κ3) is 3.84. The molecule has 0 spiro atoms. The number of rotatable bonds is 5. The standard InChI is InChI=1S/C7H11F2N3O/c8-7(9)5-13-2-1-12-4-6(10)3-11-12/h3-4,7H,1-2,5,10H2. The highest BCUT2D eigenvalue weighted by molar-refractivity contribution is 5.30. The van der Waals surface area contributed by atoms with E-state index in [0.717, 1.165) is 0 Å². The van der Waals surface area contributed by atoms with Crippen molar-refractivity contribution < 1.29 is 13.5 Å². The number of aromatic nitrogens is 2. The molecule has 0 atom stereocenters. The molecule has 0 unspecified atom stereocenters. The summed E-state index contributed by atoms with van der Waals surface area (Å²) in [6.45, 7) is 0.117. The molecule has 0 saturated heterocycles. The number of ether oxygens (including phenoxy) is 1. The number of nitrogens with two attached hydrogens (primary N) is 1. The van der Waals surface area contributed by atoms with Crippen molar-refractivity contribution in [2.45, 2.75) is 13.0 Å². The van der Waals surface area contributed by atoms with E-state index in [1.807, 2.05) is 0 Å². The van der Waals surface area contributed by atoms with Gasteiger partial charge in [-0.05, 0) is 0 Å². The summed E-state index contributed by atoms with van der Waals surface area (Å²) in [7, 11) is 0. The molecule has 74 valence electrons. The van der Waals surface area contributed by atoms with Gasteiger partial charge in [-0.25, -0.2) is 8.78 Å². The average molecular weight is 191 g/mol. The molecule has 0 amide bonds. The maximum Gasteiger partial charge on any atom is 0.261 e.